The van der Waals surface area contributed by atoms with Crippen molar-refractivity contribution in [1.29, 1.82) is 0 Å². The summed E-state index contributed by atoms with van der Waals surface area (Å²) >= 11 is 1.88. The molecule has 1 saturated carbocycles. The second kappa shape index (κ2) is 5.86. The van der Waals surface area contributed by atoms with E-state index in [2.05, 4.69) is 81.7 Å². The molecule has 0 aliphatic heterocycles. The summed E-state index contributed by atoms with van der Waals surface area (Å²) in [6.07, 6.45) is 5.36. The van der Waals surface area contributed by atoms with E-state index in [1.807, 2.05) is 11.3 Å². The van der Waals surface area contributed by atoms with Crippen LogP contribution in [-0.2, 0) is 16.2 Å². The predicted octanol–water partition coefficient (Wildman–Crippen LogP) is 8.05. The Bertz CT molecular complexity index is 1040. The van der Waals surface area contributed by atoms with Gasteiger partial charge in [-0.3, -0.25) is 0 Å². The Morgan fingerprint density at radius 1 is 0.857 bits per heavy atom. The highest BCUT2D eigenvalue weighted by Crippen LogP contribution is 2.57. The van der Waals surface area contributed by atoms with E-state index >= 15 is 0 Å². The molecule has 6 rings (SSSR count). The molecule has 0 radical (unpaired) electrons. The molecule has 2 heteroatoms. The minimum atomic E-state index is 0.192. The maximum atomic E-state index is 3.69. The van der Waals surface area contributed by atoms with Gasteiger partial charge in [0, 0.05) is 21.2 Å². The third kappa shape index (κ3) is 2.72. The Balaban J connectivity index is 1.54. The van der Waals surface area contributed by atoms with Gasteiger partial charge >= 0.3 is 0 Å². The van der Waals surface area contributed by atoms with E-state index in [1.165, 1.54) is 52.7 Å². The Hall–Kier alpha value is -1.80. The van der Waals surface area contributed by atoms with Gasteiger partial charge in [-0.1, -0.05) is 46.8 Å². The lowest BCUT2D eigenvalue weighted by atomic mass is 9.52. The Morgan fingerprint density at radius 3 is 2.00 bits per heavy atom. The van der Waals surface area contributed by atoms with Crippen LogP contribution >= 0.6 is 11.3 Å². The van der Waals surface area contributed by atoms with Crippen LogP contribution in [0.4, 0.5) is 11.4 Å². The lowest BCUT2D eigenvalue weighted by molar-refractivity contribution is 0.188. The van der Waals surface area contributed by atoms with Gasteiger partial charge in [0.25, 0.3) is 0 Å². The van der Waals surface area contributed by atoms with Crippen LogP contribution in [0.1, 0.15) is 77.0 Å². The van der Waals surface area contributed by atoms with E-state index < -0.39 is 0 Å². The maximum Gasteiger partial charge on any atom is 0.0573 e. The molecule has 0 unspecified atom stereocenters. The van der Waals surface area contributed by atoms with Gasteiger partial charge in [0.2, 0.25) is 0 Å². The summed E-state index contributed by atoms with van der Waals surface area (Å²) in [7, 11) is 0. The number of nitrogens with one attached hydrogen (secondary N) is 1. The molecule has 1 fully saturated rings. The molecule has 1 N–H and O–H groups in total. The second-order valence-corrected chi connectivity index (χ2v) is 11.5. The van der Waals surface area contributed by atoms with Crippen molar-refractivity contribution >= 4 is 32.8 Å². The molecule has 3 aromatic rings. The molecule has 2 bridgehead atoms. The Kier molecular flexibility index (Phi) is 3.82. The summed E-state index contributed by atoms with van der Waals surface area (Å²) in [5.41, 5.74) is 7.99. The Morgan fingerprint density at radius 2 is 1.43 bits per heavy atom. The first-order valence-electron chi connectivity index (χ1n) is 10.6. The quantitative estimate of drug-likeness (QED) is 0.467. The number of anilines is 2. The number of rotatable bonds is 2. The average molecular weight is 390 g/mol. The lowest BCUT2D eigenvalue weighted by Gasteiger charge is -2.52. The van der Waals surface area contributed by atoms with Crippen molar-refractivity contribution in [3.8, 4) is 0 Å². The molecule has 2 aromatic carbocycles. The van der Waals surface area contributed by atoms with Crippen LogP contribution < -0.4 is 5.32 Å². The number of fused-ring (bicyclic) bond motifs is 3. The fourth-order valence-corrected chi connectivity index (χ4v) is 6.18. The molecule has 0 amide bonds. The number of hydrogen-bond acceptors (Lipinski definition) is 2. The highest BCUT2D eigenvalue weighted by atomic mass is 32.1. The molecule has 3 aliphatic rings. The van der Waals surface area contributed by atoms with Gasteiger partial charge in [-0.15, -0.1) is 11.3 Å². The van der Waals surface area contributed by atoms with Crippen molar-refractivity contribution < 1.29 is 0 Å². The van der Waals surface area contributed by atoms with E-state index in [1.54, 1.807) is 11.1 Å². The first-order chi connectivity index (χ1) is 13.2. The van der Waals surface area contributed by atoms with Crippen molar-refractivity contribution in [2.24, 2.45) is 0 Å². The summed E-state index contributed by atoms with van der Waals surface area (Å²) in [5, 5.41) is 7.37. The van der Waals surface area contributed by atoms with Crippen molar-refractivity contribution in [3.05, 3.63) is 58.5 Å². The van der Waals surface area contributed by atoms with Crippen LogP contribution in [-0.4, -0.2) is 0 Å². The first kappa shape index (κ1) is 18.2. The minimum Gasteiger partial charge on any atom is -0.354 e. The molecule has 0 atom stereocenters. The van der Waals surface area contributed by atoms with Crippen LogP contribution in [0, 0.1) is 0 Å². The second-order valence-electron chi connectivity index (χ2n) is 10.6. The summed E-state index contributed by atoms with van der Waals surface area (Å²) in [6, 6.07) is 14.0. The molecule has 3 aliphatic carbocycles. The van der Waals surface area contributed by atoms with Crippen molar-refractivity contribution in [2.45, 2.75) is 76.5 Å². The zero-order valence-electron chi connectivity index (χ0n) is 17.8. The predicted molar refractivity (Wildman–Crippen MR) is 123 cm³/mol. The zero-order chi connectivity index (χ0) is 19.7. The standard InChI is InChI=1S/C26H31NS/c1-24(2,3)17-6-8-18(9-7-17)27-22-16-28-23-15-21-20(14-19(22)23)25(4)10-12-26(21,5)13-11-25/h6-9,14-16,27H,10-13H2,1-5H3. The monoisotopic (exact) mass is 389 g/mol. The Labute approximate surface area is 173 Å². The summed E-state index contributed by atoms with van der Waals surface area (Å²) in [4.78, 5) is 0. The van der Waals surface area contributed by atoms with E-state index in [4.69, 9.17) is 0 Å². The molecular weight excluding hydrogens is 358 g/mol. The van der Waals surface area contributed by atoms with E-state index in [0.29, 0.717) is 10.8 Å². The lowest BCUT2D eigenvalue weighted by Crippen LogP contribution is -2.44. The molecule has 1 heterocycles. The fraction of sp³-hybridized carbons (Fsp3) is 0.462. The topological polar surface area (TPSA) is 12.0 Å². The molecule has 1 nitrogen and oxygen atoms in total. The van der Waals surface area contributed by atoms with Crippen LogP contribution in [0.5, 0.6) is 0 Å². The maximum absolute atomic E-state index is 3.69. The van der Waals surface area contributed by atoms with Crippen LogP contribution in [0.15, 0.2) is 41.8 Å². The number of benzene rings is 2. The van der Waals surface area contributed by atoms with Gasteiger partial charge in [-0.05, 0) is 82.9 Å². The molecule has 0 saturated heterocycles. The van der Waals surface area contributed by atoms with E-state index in [-0.39, 0.29) is 5.41 Å². The van der Waals surface area contributed by atoms with E-state index in [0.717, 1.165) is 0 Å². The third-order valence-electron chi connectivity index (χ3n) is 7.50. The summed E-state index contributed by atoms with van der Waals surface area (Å²) in [5.74, 6) is 0. The first-order valence-corrected chi connectivity index (χ1v) is 11.5. The van der Waals surface area contributed by atoms with Crippen molar-refractivity contribution in [3.63, 3.8) is 0 Å². The minimum absolute atomic E-state index is 0.192. The van der Waals surface area contributed by atoms with Gasteiger partial charge in [0.15, 0.2) is 0 Å². The normalized spacial score (nSPS) is 26.5. The highest BCUT2D eigenvalue weighted by molar-refractivity contribution is 7.17. The van der Waals surface area contributed by atoms with Crippen LogP contribution in [0.25, 0.3) is 10.1 Å². The van der Waals surface area contributed by atoms with Gasteiger partial charge < -0.3 is 5.32 Å². The summed E-state index contributed by atoms with van der Waals surface area (Å²) < 4.78 is 1.42. The van der Waals surface area contributed by atoms with E-state index in [9.17, 15) is 0 Å². The van der Waals surface area contributed by atoms with Gasteiger partial charge in [0.1, 0.15) is 0 Å². The summed E-state index contributed by atoms with van der Waals surface area (Å²) in [6.45, 7) is 11.8. The van der Waals surface area contributed by atoms with Crippen molar-refractivity contribution in [2.75, 3.05) is 5.32 Å². The fourth-order valence-electron chi connectivity index (χ4n) is 5.27. The highest BCUT2D eigenvalue weighted by Gasteiger charge is 2.47. The van der Waals surface area contributed by atoms with Crippen molar-refractivity contribution in [1.82, 2.24) is 0 Å². The average Bonchev–Trinajstić information content (AvgIpc) is 3.04. The van der Waals surface area contributed by atoms with Crippen LogP contribution in [0.2, 0.25) is 0 Å². The largest absolute Gasteiger partial charge is 0.354 e. The molecule has 1 aromatic heterocycles. The third-order valence-corrected chi connectivity index (χ3v) is 8.45. The van der Waals surface area contributed by atoms with Gasteiger partial charge in [0.05, 0.1) is 5.69 Å². The zero-order valence-corrected chi connectivity index (χ0v) is 18.6. The van der Waals surface area contributed by atoms with Gasteiger partial charge in [-0.25, -0.2) is 0 Å². The molecular formula is C26H31NS. The molecule has 28 heavy (non-hydrogen) atoms. The number of thiophene rings is 1. The number of hydrogen-bond donors (Lipinski definition) is 1. The molecule has 0 spiro atoms. The molecule has 146 valence electrons. The SMILES string of the molecule is CC(C)(C)c1ccc(Nc2csc3cc4c(cc23)C2(C)CCC4(C)CC2)cc1. The smallest absolute Gasteiger partial charge is 0.0573 e. The van der Waals surface area contributed by atoms with Crippen LogP contribution in [0.3, 0.4) is 0 Å². The van der Waals surface area contributed by atoms with Gasteiger partial charge in [-0.2, -0.15) is 0 Å².